The van der Waals surface area contributed by atoms with Crippen molar-refractivity contribution in [3.05, 3.63) is 0 Å². The van der Waals surface area contributed by atoms with Crippen LogP contribution in [0.25, 0.3) is 0 Å². The maximum absolute atomic E-state index is 11.2. The van der Waals surface area contributed by atoms with Gasteiger partial charge in [0.25, 0.3) is 0 Å². The molecule has 14 heteroatoms. The molecule has 0 atom stereocenters. The highest BCUT2D eigenvalue weighted by Crippen LogP contribution is 1.99. The molecular formula is C4H11N5O7S2. The average Bonchev–Trinajstić information content (AvgIpc) is 2.10. The standard InChI is InChI=1S/C4H11N5O7S2/c1-3(10)7-18(14,15)16-8(5)4(11)9(6)17(2,12)13/h5-6H2,1-2H3,(H,7,10). The van der Waals surface area contributed by atoms with E-state index in [-0.39, 0.29) is 4.41 Å². The molecule has 0 radical (unpaired) electrons. The minimum Gasteiger partial charge on any atom is -0.274 e. The van der Waals surface area contributed by atoms with Gasteiger partial charge in [-0.05, 0) is 0 Å². The lowest BCUT2D eigenvalue weighted by molar-refractivity contribution is -0.117. The van der Waals surface area contributed by atoms with Crippen molar-refractivity contribution in [3.8, 4) is 0 Å². The van der Waals surface area contributed by atoms with Gasteiger partial charge in [0.1, 0.15) is 0 Å². The van der Waals surface area contributed by atoms with Crippen LogP contribution in [0.3, 0.4) is 0 Å². The van der Waals surface area contributed by atoms with E-state index in [4.69, 9.17) is 11.7 Å². The van der Waals surface area contributed by atoms with Crippen LogP contribution in [0.2, 0.25) is 0 Å². The lowest BCUT2D eigenvalue weighted by Gasteiger charge is -2.20. The van der Waals surface area contributed by atoms with Gasteiger partial charge in [0, 0.05) is 6.92 Å². The SMILES string of the molecule is CC(=O)NS(=O)(=O)ON(N)C(=O)N(N)S(C)(=O)=O. The minimum atomic E-state index is -4.70. The smallest absolute Gasteiger partial charge is 0.274 e. The summed E-state index contributed by atoms with van der Waals surface area (Å²) in [5.74, 6) is 8.64. The first kappa shape index (κ1) is 16.5. The molecule has 0 aromatic carbocycles. The maximum Gasteiger partial charge on any atom is 0.388 e. The van der Waals surface area contributed by atoms with Crippen molar-refractivity contribution in [1.29, 1.82) is 0 Å². The first-order chi connectivity index (χ1) is 7.87. The zero-order valence-electron chi connectivity index (χ0n) is 9.22. The second kappa shape index (κ2) is 5.44. The van der Waals surface area contributed by atoms with Crippen molar-refractivity contribution in [2.45, 2.75) is 6.92 Å². The highest BCUT2D eigenvalue weighted by molar-refractivity contribution is 7.88. The van der Waals surface area contributed by atoms with E-state index >= 15 is 0 Å². The third-order valence-electron chi connectivity index (χ3n) is 1.18. The number of amides is 3. The fourth-order valence-corrected chi connectivity index (χ4v) is 1.60. The molecule has 0 aliphatic heterocycles. The molecule has 0 spiro atoms. The summed E-state index contributed by atoms with van der Waals surface area (Å²) in [7, 11) is -8.85. The van der Waals surface area contributed by atoms with E-state index in [9.17, 15) is 26.4 Å². The number of hydrazine groups is 2. The molecule has 0 unspecified atom stereocenters. The Bertz CT molecular complexity index is 538. The van der Waals surface area contributed by atoms with Crippen LogP contribution in [0.15, 0.2) is 0 Å². The van der Waals surface area contributed by atoms with Crippen LogP contribution in [-0.4, -0.2) is 44.6 Å². The van der Waals surface area contributed by atoms with E-state index in [0.717, 1.165) is 6.92 Å². The summed E-state index contributed by atoms with van der Waals surface area (Å²) in [4.78, 5) is 21.6. The molecule has 0 aliphatic rings. The topological polar surface area (TPSA) is 182 Å². The fourth-order valence-electron chi connectivity index (χ4n) is 0.571. The van der Waals surface area contributed by atoms with Crippen molar-refractivity contribution in [1.82, 2.24) is 14.3 Å². The number of nitrogens with zero attached hydrogens (tertiary/aromatic N) is 2. The third-order valence-corrected chi connectivity index (χ3v) is 2.95. The van der Waals surface area contributed by atoms with Crippen LogP contribution in [0.5, 0.6) is 0 Å². The first-order valence-corrected chi connectivity index (χ1v) is 7.19. The molecule has 0 fully saturated rings. The number of carbonyl (C=O) groups excluding carboxylic acids is 2. The van der Waals surface area contributed by atoms with Crippen LogP contribution < -0.4 is 16.4 Å². The molecule has 0 saturated carbocycles. The molecular weight excluding hydrogens is 294 g/mol. The van der Waals surface area contributed by atoms with Crippen molar-refractivity contribution in [2.24, 2.45) is 11.7 Å². The Morgan fingerprint density at radius 1 is 1.17 bits per heavy atom. The Morgan fingerprint density at radius 2 is 1.61 bits per heavy atom. The zero-order chi connectivity index (χ0) is 14.7. The lowest BCUT2D eigenvalue weighted by Crippen LogP contribution is -2.53. The van der Waals surface area contributed by atoms with Gasteiger partial charge in [0.05, 0.1) is 6.26 Å². The number of nitrogens with one attached hydrogen (secondary N) is 1. The molecule has 3 amide bonds. The maximum atomic E-state index is 11.2. The van der Waals surface area contributed by atoms with Gasteiger partial charge in [0.15, 0.2) is 0 Å². The number of hydrogen-bond acceptors (Lipinski definition) is 9. The molecule has 0 aliphatic carbocycles. The van der Waals surface area contributed by atoms with Gasteiger partial charge in [-0.1, -0.05) is 0 Å². The molecule has 0 rings (SSSR count). The van der Waals surface area contributed by atoms with Crippen LogP contribution in [0, 0.1) is 0 Å². The number of sulfonamides is 1. The van der Waals surface area contributed by atoms with E-state index in [1.165, 1.54) is 4.72 Å². The van der Waals surface area contributed by atoms with E-state index in [1.54, 1.807) is 0 Å². The van der Waals surface area contributed by atoms with E-state index < -0.39 is 37.4 Å². The minimum absolute atomic E-state index is 0.351. The summed E-state index contributed by atoms with van der Waals surface area (Å²) in [5.41, 5.74) is 0. The molecule has 0 heterocycles. The number of hydroxylamine groups is 1. The molecule has 0 aromatic heterocycles. The predicted molar refractivity (Wildman–Crippen MR) is 56.1 cm³/mol. The van der Waals surface area contributed by atoms with Gasteiger partial charge < -0.3 is 0 Å². The number of hydrogen-bond donors (Lipinski definition) is 3. The quantitative estimate of drug-likeness (QED) is 0.272. The van der Waals surface area contributed by atoms with Crippen molar-refractivity contribution in [3.63, 3.8) is 0 Å². The Kier molecular flexibility index (Phi) is 4.99. The molecule has 18 heavy (non-hydrogen) atoms. The average molecular weight is 305 g/mol. The Hall–Kier alpha value is -1.48. The zero-order valence-corrected chi connectivity index (χ0v) is 10.9. The predicted octanol–water partition coefficient (Wildman–Crippen LogP) is -3.27. The monoisotopic (exact) mass is 305 g/mol. The van der Waals surface area contributed by atoms with Crippen molar-refractivity contribution in [2.75, 3.05) is 6.26 Å². The number of urea groups is 1. The van der Waals surface area contributed by atoms with Gasteiger partial charge in [-0.15, -0.1) is 13.9 Å². The largest absolute Gasteiger partial charge is 0.388 e. The highest BCUT2D eigenvalue weighted by Gasteiger charge is 2.28. The third kappa shape index (κ3) is 5.23. The number of carbonyl (C=O) groups is 2. The summed E-state index contributed by atoms with van der Waals surface area (Å²) in [6.45, 7) is 0.856. The summed E-state index contributed by atoms with van der Waals surface area (Å²) in [6, 6.07) is -1.69. The molecule has 106 valence electrons. The fraction of sp³-hybridized carbons (Fsp3) is 0.500. The van der Waals surface area contributed by atoms with E-state index in [2.05, 4.69) is 4.28 Å². The van der Waals surface area contributed by atoms with Crippen molar-refractivity contribution < 1.29 is 30.7 Å². The van der Waals surface area contributed by atoms with E-state index in [1.807, 2.05) is 0 Å². The van der Waals surface area contributed by atoms with Crippen LogP contribution in [-0.2, 0) is 29.4 Å². The second-order valence-electron chi connectivity index (χ2n) is 2.85. The van der Waals surface area contributed by atoms with Crippen LogP contribution in [0.1, 0.15) is 6.92 Å². The molecule has 0 saturated heterocycles. The molecule has 12 nitrogen and oxygen atoms in total. The molecule has 5 N–H and O–H groups in total. The number of nitrogens with two attached hydrogens (primary N) is 2. The Labute approximate surface area is 103 Å². The highest BCUT2D eigenvalue weighted by atomic mass is 32.2. The second-order valence-corrected chi connectivity index (χ2v) is 5.97. The summed E-state index contributed by atoms with van der Waals surface area (Å²) in [6.07, 6.45) is 0.570. The van der Waals surface area contributed by atoms with Crippen molar-refractivity contribution >= 4 is 32.3 Å². The summed E-state index contributed by atoms with van der Waals surface area (Å²) >= 11 is 0. The van der Waals surface area contributed by atoms with Crippen LogP contribution >= 0.6 is 0 Å². The van der Waals surface area contributed by atoms with Gasteiger partial charge in [-0.3, -0.25) is 4.79 Å². The van der Waals surface area contributed by atoms with Gasteiger partial charge in [-0.25, -0.2) is 29.6 Å². The summed E-state index contributed by atoms with van der Waals surface area (Å²) in [5, 5.41) is -0.466. The normalized spacial score (nSPS) is 11.8. The van der Waals surface area contributed by atoms with Gasteiger partial charge >= 0.3 is 16.3 Å². The lowest BCUT2D eigenvalue weighted by atomic mass is 10.8. The number of rotatable bonds is 4. The van der Waals surface area contributed by atoms with Gasteiger partial charge in [0.2, 0.25) is 15.9 Å². The van der Waals surface area contributed by atoms with Crippen LogP contribution in [0.4, 0.5) is 4.79 Å². The molecule has 0 aromatic rings. The Balaban J connectivity index is 4.85. The first-order valence-electron chi connectivity index (χ1n) is 3.93. The van der Waals surface area contributed by atoms with Gasteiger partial charge in [-0.2, -0.15) is 8.42 Å². The Morgan fingerprint density at radius 3 is 1.94 bits per heavy atom. The molecule has 0 bridgehead atoms. The van der Waals surface area contributed by atoms with E-state index in [0.29, 0.717) is 6.26 Å². The summed E-state index contributed by atoms with van der Waals surface area (Å²) < 4.78 is 48.5.